The molecule has 19 heavy (non-hydrogen) atoms. The summed E-state index contributed by atoms with van der Waals surface area (Å²) in [6.45, 7) is 1.96. The van der Waals surface area contributed by atoms with E-state index in [2.05, 4.69) is 31.5 Å². The number of hydrogen-bond donors (Lipinski definition) is 2. The van der Waals surface area contributed by atoms with Crippen LogP contribution in [0.4, 0.5) is 11.4 Å². The number of amides is 1. The van der Waals surface area contributed by atoms with E-state index >= 15 is 0 Å². The minimum atomic E-state index is -0.141. The minimum Gasteiger partial charge on any atom is -0.388 e. The van der Waals surface area contributed by atoms with Gasteiger partial charge in [-0.05, 0) is 52.7 Å². The maximum Gasteiger partial charge on any atom is 0.255 e. The molecule has 0 aliphatic carbocycles. The van der Waals surface area contributed by atoms with Crippen LogP contribution in [0, 0.1) is 6.92 Å². The van der Waals surface area contributed by atoms with E-state index in [1.807, 2.05) is 26.1 Å². The van der Waals surface area contributed by atoms with E-state index in [0.717, 1.165) is 15.7 Å². The average Bonchev–Trinajstić information content (AvgIpc) is 2.41. The molecule has 0 aliphatic rings. The number of carbonyl (C=O) groups excluding carboxylic acids is 1. The second-order valence-corrected chi connectivity index (χ2v) is 4.94. The fourth-order valence-corrected chi connectivity index (χ4v) is 2.11. The Morgan fingerprint density at radius 1 is 1.26 bits per heavy atom. The van der Waals surface area contributed by atoms with Gasteiger partial charge in [-0.1, -0.05) is 0 Å². The summed E-state index contributed by atoms with van der Waals surface area (Å²) in [4.78, 5) is 16.1. The number of carbonyl (C=O) groups is 1. The summed E-state index contributed by atoms with van der Waals surface area (Å²) < 4.78 is 0.756. The van der Waals surface area contributed by atoms with E-state index < -0.39 is 0 Å². The molecule has 0 unspecified atom stereocenters. The number of nitrogens with zero attached hydrogens (tertiary/aromatic N) is 1. The Morgan fingerprint density at radius 3 is 2.68 bits per heavy atom. The van der Waals surface area contributed by atoms with Crippen molar-refractivity contribution in [3.05, 3.63) is 52.3 Å². The van der Waals surface area contributed by atoms with E-state index in [0.29, 0.717) is 11.3 Å². The zero-order valence-corrected chi connectivity index (χ0v) is 12.3. The van der Waals surface area contributed by atoms with Crippen LogP contribution in [0.25, 0.3) is 0 Å². The third-order valence-electron chi connectivity index (χ3n) is 2.78. The lowest BCUT2D eigenvalue weighted by Crippen LogP contribution is -2.12. The molecule has 1 aromatic carbocycles. The van der Waals surface area contributed by atoms with Gasteiger partial charge in [0.2, 0.25) is 0 Å². The number of pyridine rings is 1. The molecule has 0 radical (unpaired) electrons. The van der Waals surface area contributed by atoms with Crippen LogP contribution in [0.15, 0.2) is 41.1 Å². The number of benzene rings is 1. The Kier molecular flexibility index (Phi) is 4.16. The molecule has 0 fully saturated rings. The fourth-order valence-electron chi connectivity index (χ4n) is 1.76. The van der Waals surface area contributed by atoms with Crippen molar-refractivity contribution >= 4 is 33.2 Å². The molecule has 98 valence electrons. The van der Waals surface area contributed by atoms with Crippen molar-refractivity contribution in [1.29, 1.82) is 0 Å². The van der Waals surface area contributed by atoms with Gasteiger partial charge in [0.25, 0.3) is 5.91 Å². The average molecular weight is 320 g/mol. The normalized spacial score (nSPS) is 10.1. The van der Waals surface area contributed by atoms with Crippen molar-refractivity contribution in [2.75, 3.05) is 17.7 Å². The number of nitrogens with one attached hydrogen (secondary N) is 2. The summed E-state index contributed by atoms with van der Waals surface area (Å²) in [5, 5.41) is 5.92. The van der Waals surface area contributed by atoms with Crippen LogP contribution in [-0.4, -0.2) is 17.9 Å². The smallest absolute Gasteiger partial charge is 0.255 e. The second kappa shape index (κ2) is 5.84. The summed E-state index contributed by atoms with van der Waals surface area (Å²) >= 11 is 3.35. The highest BCUT2D eigenvalue weighted by Crippen LogP contribution is 2.22. The minimum absolute atomic E-state index is 0.141. The Balaban J connectivity index is 2.21. The van der Waals surface area contributed by atoms with Gasteiger partial charge in [-0.2, -0.15) is 0 Å². The van der Waals surface area contributed by atoms with Crippen LogP contribution < -0.4 is 10.6 Å². The molecule has 1 amide bonds. The third kappa shape index (κ3) is 3.12. The fraction of sp³-hybridized carbons (Fsp3) is 0.143. The first-order valence-corrected chi connectivity index (χ1v) is 6.60. The molecule has 0 saturated heterocycles. The van der Waals surface area contributed by atoms with Gasteiger partial charge < -0.3 is 10.6 Å². The number of aromatic nitrogens is 1. The molecule has 1 aromatic heterocycles. The zero-order valence-electron chi connectivity index (χ0n) is 10.7. The molecule has 5 heteroatoms. The lowest BCUT2D eigenvalue weighted by atomic mass is 10.1. The zero-order chi connectivity index (χ0) is 13.8. The molecule has 2 aromatic rings. The van der Waals surface area contributed by atoms with Crippen molar-refractivity contribution in [3.63, 3.8) is 0 Å². The van der Waals surface area contributed by atoms with Crippen molar-refractivity contribution in [3.8, 4) is 0 Å². The van der Waals surface area contributed by atoms with Crippen LogP contribution in [0.1, 0.15) is 15.9 Å². The monoisotopic (exact) mass is 319 g/mol. The van der Waals surface area contributed by atoms with Gasteiger partial charge in [0.05, 0.1) is 10.2 Å². The Hall–Kier alpha value is -1.88. The molecular formula is C14H14BrN3O. The molecule has 0 aliphatic heterocycles. The van der Waals surface area contributed by atoms with Crippen molar-refractivity contribution < 1.29 is 4.79 Å². The van der Waals surface area contributed by atoms with Crippen LogP contribution in [0.5, 0.6) is 0 Å². The topological polar surface area (TPSA) is 54.0 Å². The van der Waals surface area contributed by atoms with Gasteiger partial charge in [0.15, 0.2) is 0 Å². The highest BCUT2D eigenvalue weighted by Gasteiger charge is 2.09. The molecule has 0 bridgehead atoms. The van der Waals surface area contributed by atoms with Crippen LogP contribution in [-0.2, 0) is 0 Å². The van der Waals surface area contributed by atoms with E-state index in [9.17, 15) is 4.79 Å². The molecule has 0 atom stereocenters. The maximum absolute atomic E-state index is 12.1. The summed E-state index contributed by atoms with van der Waals surface area (Å²) in [6.07, 6.45) is 3.28. The molecular weight excluding hydrogens is 306 g/mol. The Bertz CT molecular complexity index is 613. The van der Waals surface area contributed by atoms with E-state index in [-0.39, 0.29) is 5.91 Å². The Labute approximate surface area is 120 Å². The standard InChI is InChI=1S/C14H14BrN3O/c1-9-7-10(3-4-12(9)16-2)14(19)18-13-5-6-17-8-11(13)15/h3-8,16H,1-2H3,(H,17,18,19). The van der Waals surface area contributed by atoms with Crippen molar-refractivity contribution in [2.24, 2.45) is 0 Å². The summed E-state index contributed by atoms with van der Waals surface area (Å²) in [5.41, 5.74) is 3.38. The first-order valence-electron chi connectivity index (χ1n) is 5.81. The Morgan fingerprint density at radius 2 is 2.05 bits per heavy atom. The summed E-state index contributed by atoms with van der Waals surface area (Å²) in [6, 6.07) is 7.29. The van der Waals surface area contributed by atoms with E-state index in [1.54, 1.807) is 24.5 Å². The SMILES string of the molecule is CNc1ccc(C(=O)Nc2ccncc2Br)cc1C. The lowest BCUT2D eigenvalue weighted by molar-refractivity contribution is 0.102. The third-order valence-corrected chi connectivity index (χ3v) is 3.41. The van der Waals surface area contributed by atoms with Crippen LogP contribution in [0.2, 0.25) is 0 Å². The largest absolute Gasteiger partial charge is 0.388 e. The highest BCUT2D eigenvalue weighted by atomic mass is 79.9. The highest BCUT2D eigenvalue weighted by molar-refractivity contribution is 9.10. The quantitative estimate of drug-likeness (QED) is 0.911. The molecule has 0 spiro atoms. The van der Waals surface area contributed by atoms with Crippen molar-refractivity contribution in [2.45, 2.75) is 6.92 Å². The van der Waals surface area contributed by atoms with E-state index in [4.69, 9.17) is 0 Å². The van der Waals surface area contributed by atoms with Crippen LogP contribution >= 0.6 is 15.9 Å². The molecule has 2 N–H and O–H groups in total. The van der Waals surface area contributed by atoms with Gasteiger partial charge in [0, 0.05) is 30.7 Å². The second-order valence-electron chi connectivity index (χ2n) is 4.09. The van der Waals surface area contributed by atoms with Gasteiger partial charge >= 0.3 is 0 Å². The number of halogens is 1. The van der Waals surface area contributed by atoms with Gasteiger partial charge in [0.1, 0.15) is 0 Å². The van der Waals surface area contributed by atoms with Crippen LogP contribution in [0.3, 0.4) is 0 Å². The first-order chi connectivity index (χ1) is 9.11. The number of aryl methyl sites for hydroxylation is 1. The maximum atomic E-state index is 12.1. The van der Waals surface area contributed by atoms with Crippen molar-refractivity contribution in [1.82, 2.24) is 4.98 Å². The van der Waals surface area contributed by atoms with Gasteiger partial charge in [-0.15, -0.1) is 0 Å². The summed E-state index contributed by atoms with van der Waals surface area (Å²) in [7, 11) is 1.86. The van der Waals surface area contributed by atoms with Gasteiger partial charge in [-0.25, -0.2) is 0 Å². The predicted octanol–water partition coefficient (Wildman–Crippen LogP) is 3.45. The molecule has 0 saturated carbocycles. The number of hydrogen-bond acceptors (Lipinski definition) is 3. The lowest BCUT2D eigenvalue weighted by Gasteiger charge is -2.09. The molecule has 2 rings (SSSR count). The summed E-state index contributed by atoms with van der Waals surface area (Å²) in [5.74, 6) is -0.141. The molecule has 1 heterocycles. The van der Waals surface area contributed by atoms with E-state index in [1.165, 1.54) is 0 Å². The number of anilines is 2. The predicted molar refractivity (Wildman–Crippen MR) is 80.6 cm³/mol. The first kappa shape index (κ1) is 13.5. The number of rotatable bonds is 3. The molecule has 4 nitrogen and oxygen atoms in total. The van der Waals surface area contributed by atoms with Gasteiger partial charge in [-0.3, -0.25) is 9.78 Å².